The van der Waals surface area contributed by atoms with E-state index in [0.717, 1.165) is 19.3 Å². The van der Waals surface area contributed by atoms with Crippen molar-refractivity contribution in [1.82, 2.24) is 9.80 Å². The first-order valence-corrected chi connectivity index (χ1v) is 10.7. The van der Waals surface area contributed by atoms with Crippen LogP contribution in [0.1, 0.15) is 32.1 Å². The molecule has 0 spiro atoms. The maximum atomic E-state index is 13.8. The van der Waals surface area contributed by atoms with Crippen molar-refractivity contribution in [1.29, 1.82) is 0 Å². The van der Waals surface area contributed by atoms with Crippen LogP contribution >= 0.6 is 0 Å². The van der Waals surface area contributed by atoms with Crippen molar-refractivity contribution < 1.29 is 28.5 Å². The molecule has 5 aliphatic rings. The van der Waals surface area contributed by atoms with Gasteiger partial charge in [0.2, 0.25) is 11.8 Å². The summed E-state index contributed by atoms with van der Waals surface area (Å²) in [6, 6.07) is 0. The Bertz CT molecular complexity index is 532. The van der Waals surface area contributed by atoms with Gasteiger partial charge in [0.1, 0.15) is 5.41 Å². The highest BCUT2D eigenvalue weighted by Crippen LogP contribution is 2.41. The van der Waals surface area contributed by atoms with E-state index >= 15 is 0 Å². The number of nitrogens with zero attached hydrogens (tertiary/aromatic N) is 2. The van der Waals surface area contributed by atoms with Crippen LogP contribution in [0.2, 0.25) is 0 Å². The first-order valence-electron chi connectivity index (χ1n) is 10.7. The van der Waals surface area contributed by atoms with Crippen LogP contribution in [-0.2, 0) is 28.5 Å². The van der Waals surface area contributed by atoms with Crippen molar-refractivity contribution in [2.45, 2.75) is 56.5 Å². The minimum Gasteiger partial charge on any atom is -0.371 e. The zero-order valence-corrected chi connectivity index (χ0v) is 16.3. The molecule has 5 fully saturated rings. The first-order chi connectivity index (χ1) is 13.6. The van der Waals surface area contributed by atoms with Crippen molar-refractivity contribution in [3.05, 3.63) is 0 Å². The van der Waals surface area contributed by atoms with Crippen molar-refractivity contribution in [3.63, 3.8) is 0 Å². The Balaban J connectivity index is 1.37. The van der Waals surface area contributed by atoms with E-state index in [1.807, 2.05) is 9.80 Å². The Kier molecular flexibility index (Phi) is 5.07. The van der Waals surface area contributed by atoms with Crippen LogP contribution in [0.3, 0.4) is 0 Å². The van der Waals surface area contributed by atoms with E-state index in [9.17, 15) is 9.59 Å². The number of carbonyl (C=O) groups excluding carboxylic acids is 2. The number of epoxide rings is 4. The molecule has 0 aromatic carbocycles. The largest absolute Gasteiger partial charge is 0.371 e. The van der Waals surface area contributed by atoms with Gasteiger partial charge in [0.05, 0.1) is 50.8 Å². The number of ether oxygens (including phenoxy) is 4. The second-order valence-corrected chi connectivity index (χ2v) is 8.88. The summed E-state index contributed by atoms with van der Waals surface area (Å²) in [6.07, 6.45) is 4.60. The first kappa shape index (κ1) is 18.8. The number of rotatable bonds is 10. The minimum atomic E-state index is -0.953. The maximum Gasteiger partial charge on any atom is 0.238 e. The molecule has 4 atom stereocenters. The Morgan fingerprint density at radius 2 is 0.964 bits per heavy atom. The van der Waals surface area contributed by atoms with Gasteiger partial charge in [-0.15, -0.1) is 0 Å². The average Bonchev–Trinajstić information content (AvgIpc) is 3.56. The summed E-state index contributed by atoms with van der Waals surface area (Å²) in [7, 11) is 0. The smallest absolute Gasteiger partial charge is 0.238 e. The molecule has 0 N–H and O–H groups in total. The molecule has 4 saturated heterocycles. The van der Waals surface area contributed by atoms with E-state index in [1.165, 1.54) is 0 Å². The summed E-state index contributed by atoms with van der Waals surface area (Å²) in [6.45, 7) is 5.02. The minimum absolute atomic E-state index is 0.0263. The Labute approximate surface area is 165 Å². The fourth-order valence-electron chi connectivity index (χ4n) is 4.44. The molecule has 0 aromatic heterocycles. The van der Waals surface area contributed by atoms with Gasteiger partial charge < -0.3 is 28.7 Å². The molecule has 8 nitrogen and oxygen atoms in total. The normalized spacial score (nSPS) is 34.4. The van der Waals surface area contributed by atoms with Crippen LogP contribution in [-0.4, -0.2) is 98.6 Å². The van der Waals surface area contributed by atoms with E-state index < -0.39 is 5.41 Å². The molecule has 2 amide bonds. The van der Waals surface area contributed by atoms with Gasteiger partial charge in [0.15, 0.2) is 0 Å². The Hall–Kier alpha value is -1.22. The van der Waals surface area contributed by atoms with Gasteiger partial charge in [-0.2, -0.15) is 0 Å². The van der Waals surface area contributed by atoms with Crippen LogP contribution < -0.4 is 0 Å². The predicted molar refractivity (Wildman–Crippen MR) is 97.6 cm³/mol. The number of carbonyl (C=O) groups is 2. The van der Waals surface area contributed by atoms with E-state index in [4.69, 9.17) is 18.9 Å². The zero-order chi connectivity index (χ0) is 19.1. The maximum absolute atomic E-state index is 13.8. The SMILES string of the molecule is O=C(N(CC1CO1)CC1CO1)C1(C(=O)N(CC2CO2)CC2CO2)CCCCC1. The molecule has 0 bridgehead atoms. The van der Waals surface area contributed by atoms with Gasteiger partial charge in [-0.1, -0.05) is 19.3 Å². The van der Waals surface area contributed by atoms with E-state index in [-0.39, 0.29) is 36.2 Å². The van der Waals surface area contributed by atoms with Crippen LogP contribution in [0.5, 0.6) is 0 Å². The molecule has 4 aliphatic heterocycles. The number of amides is 2. The number of hydrogen-bond donors (Lipinski definition) is 0. The molecule has 4 heterocycles. The molecule has 1 saturated carbocycles. The lowest BCUT2D eigenvalue weighted by molar-refractivity contribution is -0.160. The second kappa shape index (κ2) is 7.55. The van der Waals surface area contributed by atoms with Gasteiger partial charge in [-0.3, -0.25) is 9.59 Å². The number of hydrogen-bond acceptors (Lipinski definition) is 6. The summed E-state index contributed by atoms with van der Waals surface area (Å²) < 4.78 is 21.5. The van der Waals surface area contributed by atoms with Crippen molar-refractivity contribution >= 4 is 11.8 Å². The van der Waals surface area contributed by atoms with E-state index in [0.29, 0.717) is 65.4 Å². The molecule has 28 heavy (non-hydrogen) atoms. The van der Waals surface area contributed by atoms with Gasteiger partial charge in [0, 0.05) is 26.2 Å². The molecule has 8 heteroatoms. The van der Waals surface area contributed by atoms with Gasteiger partial charge in [0.25, 0.3) is 0 Å². The molecule has 156 valence electrons. The molecular weight excluding hydrogens is 364 g/mol. The molecule has 5 rings (SSSR count). The summed E-state index contributed by atoms with van der Waals surface area (Å²) in [5.41, 5.74) is -0.953. The van der Waals surface area contributed by atoms with Crippen molar-refractivity contribution in [2.75, 3.05) is 52.6 Å². The van der Waals surface area contributed by atoms with Gasteiger partial charge >= 0.3 is 0 Å². The molecule has 0 aromatic rings. The summed E-state index contributed by atoms with van der Waals surface area (Å²) in [5.74, 6) is -0.0525. The van der Waals surface area contributed by atoms with Crippen molar-refractivity contribution in [2.24, 2.45) is 5.41 Å². The molecule has 4 unspecified atom stereocenters. The third-order valence-electron chi connectivity index (χ3n) is 6.41. The monoisotopic (exact) mass is 394 g/mol. The summed E-state index contributed by atoms with van der Waals surface area (Å²) >= 11 is 0. The van der Waals surface area contributed by atoms with Crippen LogP contribution in [0.25, 0.3) is 0 Å². The summed E-state index contributed by atoms with van der Waals surface area (Å²) in [4.78, 5) is 31.3. The van der Waals surface area contributed by atoms with Crippen molar-refractivity contribution in [3.8, 4) is 0 Å². The van der Waals surface area contributed by atoms with Crippen LogP contribution in [0, 0.1) is 5.41 Å². The van der Waals surface area contributed by atoms with Gasteiger partial charge in [-0.05, 0) is 12.8 Å². The van der Waals surface area contributed by atoms with Crippen LogP contribution in [0.15, 0.2) is 0 Å². The lowest BCUT2D eigenvalue weighted by atomic mass is 9.71. The Morgan fingerprint density at radius 3 is 1.25 bits per heavy atom. The molecule has 1 aliphatic carbocycles. The predicted octanol–water partition coefficient (Wildman–Crippen LogP) is 0.189. The highest BCUT2D eigenvalue weighted by molar-refractivity contribution is 6.05. The average molecular weight is 394 g/mol. The van der Waals surface area contributed by atoms with E-state index in [2.05, 4.69) is 0 Å². The fraction of sp³-hybridized carbons (Fsp3) is 0.900. The standard InChI is InChI=1S/C20H30N2O6/c23-18(21(6-14-10-25-14)7-15-11-26-15)20(4-2-1-3-5-20)19(24)22(8-16-12-27-16)9-17-13-28-17/h14-17H,1-13H2. The lowest BCUT2D eigenvalue weighted by Gasteiger charge is -2.41. The third kappa shape index (κ3) is 4.35. The highest BCUT2D eigenvalue weighted by Gasteiger charge is 2.52. The van der Waals surface area contributed by atoms with Crippen LogP contribution in [0.4, 0.5) is 0 Å². The zero-order valence-electron chi connectivity index (χ0n) is 16.3. The lowest BCUT2D eigenvalue weighted by Crippen LogP contribution is -2.57. The highest BCUT2D eigenvalue weighted by atomic mass is 16.6. The molecular formula is C20H30N2O6. The van der Waals surface area contributed by atoms with E-state index in [1.54, 1.807) is 0 Å². The third-order valence-corrected chi connectivity index (χ3v) is 6.41. The topological polar surface area (TPSA) is 90.7 Å². The Morgan fingerprint density at radius 1 is 0.643 bits per heavy atom. The summed E-state index contributed by atoms with van der Waals surface area (Å²) in [5, 5.41) is 0. The quantitative estimate of drug-likeness (QED) is 0.388. The fourth-order valence-corrected chi connectivity index (χ4v) is 4.44. The van der Waals surface area contributed by atoms with Gasteiger partial charge in [-0.25, -0.2) is 0 Å². The molecule has 0 radical (unpaired) electrons. The second-order valence-electron chi connectivity index (χ2n) is 8.88.